The van der Waals surface area contributed by atoms with E-state index in [1.165, 1.54) is 25.0 Å². The van der Waals surface area contributed by atoms with Crippen LogP contribution in [0.2, 0.25) is 0 Å². The maximum Gasteiger partial charge on any atom is 0.418 e. The molecule has 3 atom stereocenters. The number of nitrogens with one attached hydrogen (secondary N) is 1. The van der Waals surface area contributed by atoms with Crippen LogP contribution in [0.5, 0.6) is 0 Å². The highest BCUT2D eigenvalue weighted by Gasteiger charge is 2.41. The van der Waals surface area contributed by atoms with Crippen LogP contribution in [0.3, 0.4) is 0 Å². The molecule has 104 valence electrons. The standard InChI is InChI=1S/C14H15BrF3N/c15-10-3-4-11(14(16,17)18)13(7-10)19-12-6-8-1-2-9(12)5-8/h3-4,7-9,12,19H,1-2,5-6H2. The van der Waals surface area contributed by atoms with E-state index >= 15 is 0 Å². The van der Waals surface area contributed by atoms with E-state index in [1.54, 1.807) is 0 Å². The molecular weight excluding hydrogens is 319 g/mol. The van der Waals surface area contributed by atoms with Crippen LogP contribution in [0.1, 0.15) is 31.2 Å². The van der Waals surface area contributed by atoms with Gasteiger partial charge in [-0.25, -0.2) is 0 Å². The minimum absolute atomic E-state index is 0.203. The Morgan fingerprint density at radius 2 is 1.95 bits per heavy atom. The van der Waals surface area contributed by atoms with Gasteiger partial charge in [0, 0.05) is 16.2 Å². The van der Waals surface area contributed by atoms with Crippen LogP contribution >= 0.6 is 15.9 Å². The number of fused-ring (bicyclic) bond motifs is 2. The Morgan fingerprint density at radius 3 is 2.53 bits per heavy atom. The predicted molar refractivity (Wildman–Crippen MR) is 72.0 cm³/mol. The predicted octanol–water partition coefficient (Wildman–Crippen LogP) is 5.07. The van der Waals surface area contributed by atoms with Crippen LogP contribution in [-0.4, -0.2) is 6.04 Å². The molecule has 19 heavy (non-hydrogen) atoms. The first kappa shape index (κ1) is 13.3. The molecule has 5 heteroatoms. The average Bonchev–Trinajstić information content (AvgIpc) is 2.89. The lowest BCUT2D eigenvalue weighted by Crippen LogP contribution is -2.27. The summed E-state index contributed by atoms with van der Waals surface area (Å²) >= 11 is 3.25. The van der Waals surface area contributed by atoms with Crippen LogP contribution < -0.4 is 5.32 Å². The summed E-state index contributed by atoms with van der Waals surface area (Å²) in [5.41, 5.74) is -0.363. The fourth-order valence-electron chi connectivity index (χ4n) is 3.50. The lowest BCUT2D eigenvalue weighted by atomic mass is 9.95. The van der Waals surface area contributed by atoms with Crippen molar-refractivity contribution in [2.45, 2.75) is 37.9 Å². The van der Waals surface area contributed by atoms with E-state index in [1.807, 2.05) is 0 Å². The molecule has 3 unspecified atom stereocenters. The van der Waals surface area contributed by atoms with E-state index in [-0.39, 0.29) is 11.7 Å². The summed E-state index contributed by atoms with van der Waals surface area (Å²) in [7, 11) is 0. The van der Waals surface area contributed by atoms with Crippen molar-refractivity contribution in [1.29, 1.82) is 0 Å². The smallest absolute Gasteiger partial charge is 0.382 e. The minimum Gasteiger partial charge on any atom is -0.382 e. The second-order valence-corrected chi connectivity index (χ2v) is 6.53. The van der Waals surface area contributed by atoms with Crippen LogP contribution in [0, 0.1) is 11.8 Å². The molecule has 0 radical (unpaired) electrons. The first-order valence-corrected chi connectivity index (χ1v) is 7.36. The topological polar surface area (TPSA) is 12.0 Å². The molecule has 1 N–H and O–H groups in total. The first-order chi connectivity index (χ1) is 8.93. The lowest BCUT2D eigenvalue weighted by molar-refractivity contribution is -0.137. The molecular formula is C14H15BrF3N. The first-order valence-electron chi connectivity index (χ1n) is 6.57. The van der Waals surface area contributed by atoms with E-state index in [0.717, 1.165) is 18.9 Å². The molecule has 2 aliphatic rings. The zero-order valence-electron chi connectivity index (χ0n) is 10.3. The van der Waals surface area contributed by atoms with E-state index < -0.39 is 11.7 Å². The van der Waals surface area contributed by atoms with Crippen LogP contribution in [0.15, 0.2) is 22.7 Å². The molecule has 0 spiro atoms. The second-order valence-electron chi connectivity index (χ2n) is 5.61. The molecule has 2 bridgehead atoms. The molecule has 0 aromatic heterocycles. The zero-order valence-corrected chi connectivity index (χ0v) is 11.9. The van der Waals surface area contributed by atoms with Crippen molar-refractivity contribution in [1.82, 2.24) is 0 Å². The monoisotopic (exact) mass is 333 g/mol. The lowest BCUT2D eigenvalue weighted by Gasteiger charge is -2.26. The third-order valence-corrected chi connectivity index (χ3v) is 4.86. The van der Waals surface area contributed by atoms with Gasteiger partial charge in [0.25, 0.3) is 0 Å². The van der Waals surface area contributed by atoms with Crippen LogP contribution in [-0.2, 0) is 6.18 Å². The number of alkyl halides is 3. The van der Waals surface area contributed by atoms with Gasteiger partial charge in [-0.05, 0) is 49.3 Å². The zero-order chi connectivity index (χ0) is 13.6. The Hall–Kier alpha value is -0.710. The van der Waals surface area contributed by atoms with Crippen LogP contribution in [0.25, 0.3) is 0 Å². The van der Waals surface area contributed by atoms with Crippen LogP contribution in [0.4, 0.5) is 18.9 Å². The highest BCUT2D eigenvalue weighted by Crippen LogP contribution is 2.46. The summed E-state index contributed by atoms with van der Waals surface area (Å²) in [5, 5.41) is 3.14. The number of hydrogen-bond donors (Lipinski definition) is 1. The Labute approximate surface area is 118 Å². The van der Waals surface area contributed by atoms with Gasteiger partial charge in [-0.1, -0.05) is 22.4 Å². The van der Waals surface area contributed by atoms with E-state index in [2.05, 4.69) is 21.2 Å². The Bertz CT molecular complexity index is 486. The van der Waals surface area contributed by atoms with Gasteiger partial charge in [-0.15, -0.1) is 0 Å². The molecule has 0 amide bonds. The largest absolute Gasteiger partial charge is 0.418 e. The van der Waals surface area contributed by atoms with Crippen molar-refractivity contribution in [2.75, 3.05) is 5.32 Å². The highest BCUT2D eigenvalue weighted by atomic mass is 79.9. The normalized spacial score (nSPS) is 29.8. The van der Waals surface area contributed by atoms with Crippen molar-refractivity contribution >= 4 is 21.6 Å². The van der Waals surface area contributed by atoms with Gasteiger partial charge in [0.05, 0.1) is 5.56 Å². The summed E-state index contributed by atoms with van der Waals surface area (Å²) in [4.78, 5) is 0. The minimum atomic E-state index is -4.30. The number of halogens is 4. The number of hydrogen-bond acceptors (Lipinski definition) is 1. The molecule has 2 aliphatic carbocycles. The summed E-state index contributed by atoms with van der Waals surface area (Å²) in [6.45, 7) is 0. The third-order valence-electron chi connectivity index (χ3n) is 4.37. The number of benzene rings is 1. The molecule has 0 aliphatic heterocycles. The van der Waals surface area contributed by atoms with Crippen molar-refractivity contribution in [3.63, 3.8) is 0 Å². The summed E-state index contributed by atoms with van der Waals surface area (Å²) in [6.07, 6.45) is 0.271. The van der Waals surface area contributed by atoms with Gasteiger partial charge < -0.3 is 5.32 Å². The molecule has 2 fully saturated rings. The fraction of sp³-hybridized carbons (Fsp3) is 0.571. The Kier molecular flexibility index (Phi) is 3.28. The molecule has 3 rings (SSSR count). The van der Waals surface area contributed by atoms with Crippen molar-refractivity contribution in [3.8, 4) is 0 Å². The average molecular weight is 334 g/mol. The maximum atomic E-state index is 13.0. The highest BCUT2D eigenvalue weighted by molar-refractivity contribution is 9.10. The van der Waals surface area contributed by atoms with Gasteiger partial charge in [-0.2, -0.15) is 13.2 Å². The molecule has 0 saturated heterocycles. The Morgan fingerprint density at radius 1 is 1.16 bits per heavy atom. The second kappa shape index (κ2) is 4.69. The van der Waals surface area contributed by atoms with Gasteiger partial charge >= 0.3 is 6.18 Å². The van der Waals surface area contributed by atoms with E-state index in [0.29, 0.717) is 16.3 Å². The summed E-state index contributed by atoms with van der Waals surface area (Å²) in [6, 6.07) is 4.32. The van der Waals surface area contributed by atoms with Crippen molar-refractivity contribution < 1.29 is 13.2 Å². The fourth-order valence-corrected chi connectivity index (χ4v) is 3.87. The number of rotatable bonds is 2. The summed E-state index contributed by atoms with van der Waals surface area (Å²) < 4.78 is 39.6. The van der Waals surface area contributed by atoms with Gasteiger partial charge in [0.1, 0.15) is 0 Å². The van der Waals surface area contributed by atoms with Gasteiger partial charge in [-0.3, -0.25) is 0 Å². The van der Waals surface area contributed by atoms with Crippen molar-refractivity contribution in [3.05, 3.63) is 28.2 Å². The maximum absolute atomic E-state index is 13.0. The molecule has 1 aromatic carbocycles. The quantitative estimate of drug-likeness (QED) is 0.796. The summed E-state index contributed by atoms with van der Waals surface area (Å²) in [5.74, 6) is 1.26. The van der Waals surface area contributed by atoms with E-state index in [4.69, 9.17) is 0 Å². The SMILES string of the molecule is FC(F)(F)c1ccc(Br)cc1NC1CC2CCC1C2. The molecule has 2 saturated carbocycles. The third kappa shape index (κ3) is 2.62. The molecule has 0 heterocycles. The van der Waals surface area contributed by atoms with Gasteiger partial charge in [0.2, 0.25) is 0 Å². The van der Waals surface area contributed by atoms with Crippen molar-refractivity contribution in [2.24, 2.45) is 11.8 Å². The molecule has 1 aromatic rings. The number of anilines is 1. The Balaban J connectivity index is 1.85. The van der Waals surface area contributed by atoms with Gasteiger partial charge in [0.15, 0.2) is 0 Å². The van der Waals surface area contributed by atoms with E-state index in [9.17, 15) is 13.2 Å². The molecule has 1 nitrogen and oxygen atoms in total.